The lowest BCUT2D eigenvalue weighted by Gasteiger charge is -2.38. The highest BCUT2D eigenvalue weighted by atomic mass is 16.4. The van der Waals surface area contributed by atoms with E-state index in [-0.39, 0.29) is 5.75 Å². The van der Waals surface area contributed by atoms with Crippen LogP contribution in [0.3, 0.4) is 0 Å². The summed E-state index contributed by atoms with van der Waals surface area (Å²) in [6.07, 6.45) is 0. The van der Waals surface area contributed by atoms with Crippen molar-refractivity contribution < 1.29 is 15.0 Å². The summed E-state index contributed by atoms with van der Waals surface area (Å²) in [5, 5.41) is 19.0. The minimum atomic E-state index is -0.981. The average molecular weight is 236 g/mol. The van der Waals surface area contributed by atoms with Gasteiger partial charge in [-0.15, -0.1) is 0 Å². The van der Waals surface area contributed by atoms with Crippen LogP contribution in [0.4, 0.5) is 0 Å². The van der Waals surface area contributed by atoms with Crippen LogP contribution in [0.25, 0.3) is 0 Å². The first-order chi connectivity index (χ1) is 7.60. The van der Waals surface area contributed by atoms with Crippen molar-refractivity contribution in [1.82, 2.24) is 0 Å². The molecule has 0 radical (unpaired) electrons. The summed E-state index contributed by atoms with van der Waals surface area (Å²) >= 11 is 0. The molecule has 0 bridgehead atoms. The van der Waals surface area contributed by atoms with Crippen LogP contribution in [0.1, 0.15) is 38.8 Å². The molecule has 0 amide bonds. The standard InChI is InChI=1S/C14H20O3/c1-9-8-10(6-7-11(9)15)14(5,12(16)17)13(2,3)4/h6-8,15H,1-5H3,(H,16,17). The second kappa shape index (κ2) is 4.06. The van der Waals surface area contributed by atoms with Gasteiger partial charge in [-0.25, -0.2) is 0 Å². The molecule has 3 nitrogen and oxygen atoms in total. The van der Waals surface area contributed by atoms with Crippen molar-refractivity contribution >= 4 is 5.97 Å². The first kappa shape index (κ1) is 13.6. The quantitative estimate of drug-likeness (QED) is 0.829. The number of aromatic hydroxyl groups is 1. The van der Waals surface area contributed by atoms with Gasteiger partial charge >= 0.3 is 5.97 Å². The molecule has 1 atom stereocenters. The van der Waals surface area contributed by atoms with Crippen molar-refractivity contribution in [1.29, 1.82) is 0 Å². The maximum absolute atomic E-state index is 11.6. The van der Waals surface area contributed by atoms with Crippen molar-refractivity contribution in [3.8, 4) is 5.75 Å². The molecule has 0 aliphatic heterocycles. The van der Waals surface area contributed by atoms with Gasteiger partial charge in [0.05, 0.1) is 5.41 Å². The largest absolute Gasteiger partial charge is 0.508 e. The number of aliphatic carboxylic acids is 1. The minimum Gasteiger partial charge on any atom is -0.508 e. The van der Waals surface area contributed by atoms with Crippen molar-refractivity contribution in [3.05, 3.63) is 29.3 Å². The molecule has 0 heterocycles. The predicted molar refractivity (Wildman–Crippen MR) is 67.3 cm³/mol. The number of hydrogen-bond donors (Lipinski definition) is 2. The number of benzene rings is 1. The molecule has 94 valence electrons. The summed E-state index contributed by atoms with van der Waals surface area (Å²) in [6, 6.07) is 4.98. The molecular formula is C14H20O3. The minimum absolute atomic E-state index is 0.190. The second-order valence-electron chi connectivity index (χ2n) is 5.68. The van der Waals surface area contributed by atoms with E-state index < -0.39 is 16.8 Å². The number of hydrogen-bond acceptors (Lipinski definition) is 2. The highest BCUT2D eigenvalue weighted by Crippen LogP contribution is 2.42. The molecule has 17 heavy (non-hydrogen) atoms. The van der Waals surface area contributed by atoms with Crippen LogP contribution in [0.15, 0.2) is 18.2 Å². The Labute approximate surface area is 102 Å². The molecule has 3 heteroatoms. The smallest absolute Gasteiger partial charge is 0.314 e. The zero-order chi connectivity index (χ0) is 13.4. The molecule has 2 N–H and O–H groups in total. The van der Waals surface area contributed by atoms with Gasteiger partial charge < -0.3 is 10.2 Å². The zero-order valence-electron chi connectivity index (χ0n) is 11.0. The monoisotopic (exact) mass is 236 g/mol. The van der Waals surface area contributed by atoms with Crippen molar-refractivity contribution in [2.75, 3.05) is 0 Å². The lowest BCUT2D eigenvalue weighted by atomic mass is 9.64. The molecular weight excluding hydrogens is 216 g/mol. The number of phenolic OH excluding ortho intramolecular Hbond substituents is 1. The number of phenols is 1. The Morgan fingerprint density at radius 3 is 2.06 bits per heavy atom. The zero-order valence-corrected chi connectivity index (χ0v) is 11.0. The predicted octanol–water partition coefficient (Wildman–Crippen LogP) is 3.09. The molecule has 1 rings (SSSR count). The first-order valence-corrected chi connectivity index (χ1v) is 5.64. The summed E-state index contributed by atoms with van der Waals surface area (Å²) in [7, 11) is 0. The van der Waals surface area contributed by atoms with E-state index >= 15 is 0 Å². The summed E-state index contributed by atoms with van der Waals surface area (Å²) in [5.74, 6) is -0.662. The van der Waals surface area contributed by atoms with Gasteiger partial charge in [-0.05, 0) is 36.5 Å². The number of carbonyl (C=O) groups is 1. The Hall–Kier alpha value is -1.51. The van der Waals surface area contributed by atoms with Gasteiger partial charge in [0.15, 0.2) is 0 Å². The number of aryl methyl sites for hydroxylation is 1. The molecule has 0 saturated heterocycles. The molecule has 0 aromatic heterocycles. The second-order valence-corrected chi connectivity index (χ2v) is 5.68. The fourth-order valence-electron chi connectivity index (χ4n) is 1.84. The highest BCUT2D eigenvalue weighted by Gasteiger charge is 2.46. The van der Waals surface area contributed by atoms with E-state index in [0.29, 0.717) is 11.1 Å². The van der Waals surface area contributed by atoms with E-state index in [1.807, 2.05) is 20.8 Å². The molecule has 1 aromatic carbocycles. The van der Waals surface area contributed by atoms with E-state index in [4.69, 9.17) is 0 Å². The summed E-state index contributed by atoms with van der Waals surface area (Å²) in [6.45, 7) is 9.21. The fourth-order valence-corrected chi connectivity index (χ4v) is 1.84. The van der Waals surface area contributed by atoms with E-state index in [9.17, 15) is 15.0 Å². The lowest BCUT2D eigenvalue weighted by Crippen LogP contribution is -2.44. The van der Waals surface area contributed by atoms with Gasteiger partial charge in [0, 0.05) is 0 Å². The van der Waals surface area contributed by atoms with Crippen molar-refractivity contribution in [3.63, 3.8) is 0 Å². The Kier molecular flexibility index (Phi) is 3.24. The summed E-state index contributed by atoms with van der Waals surface area (Å²) < 4.78 is 0. The molecule has 0 aliphatic carbocycles. The third-order valence-corrected chi connectivity index (χ3v) is 3.70. The van der Waals surface area contributed by atoms with Crippen molar-refractivity contribution in [2.45, 2.75) is 40.0 Å². The number of carboxylic acids is 1. The third kappa shape index (κ3) is 2.14. The Balaban J connectivity index is 3.44. The van der Waals surface area contributed by atoms with Gasteiger partial charge in [0.2, 0.25) is 0 Å². The molecule has 1 unspecified atom stereocenters. The average Bonchev–Trinajstić information content (AvgIpc) is 2.19. The van der Waals surface area contributed by atoms with Crippen LogP contribution < -0.4 is 0 Å². The molecule has 0 spiro atoms. The van der Waals surface area contributed by atoms with E-state index in [1.54, 1.807) is 32.0 Å². The van der Waals surface area contributed by atoms with Crippen molar-refractivity contribution in [2.24, 2.45) is 5.41 Å². The Morgan fingerprint density at radius 2 is 1.71 bits per heavy atom. The number of rotatable bonds is 2. The van der Waals surface area contributed by atoms with Gasteiger partial charge in [-0.2, -0.15) is 0 Å². The van der Waals surface area contributed by atoms with Crippen LogP contribution in [0, 0.1) is 12.3 Å². The summed E-state index contributed by atoms with van der Waals surface area (Å²) in [4.78, 5) is 11.6. The van der Waals surface area contributed by atoms with Gasteiger partial charge in [-0.3, -0.25) is 4.79 Å². The maximum Gasteiger partial charge on any atom is 0.314 e. The highest BCUT2D eigenvalue weighted by molar-refractivity contribution is 5.82. The SMILES string of the molecule is Cc1cc(C(C)(C(=O)O)C(C)(C)C)ccc1O. The van der Waals surface area contributed by atoms with Gasteiger partial charge in [0.1, 0.15) is 5.75 Å². The van der Waals surface area contributed by atoms with E-state index in [2.05, 4.69) is 0 Å². The Bertz CT molecular complexity index is 443. The van der Waals surface area contributed by atoms with Gasteiger partial charge in [-0.1, -0.05) is 32.9 Å². The molecule has 0 fully saturated rings. The maximum atomic E-state index is 11.6. The van der Waals surface area contributed by atoms with Crippen LogP contribution in [0.2, 0.25) is 0 Å². The first-order valence-electron chi connectivity index (χ1n) is 5.64. The fraction of sp³-hybridized carbons (Fsp3) is 0.500. The molecule has 1 aromatic rings. The molecule has 0 saturated carbocycles. The Morgan fingerprint density at radius 1 is 1.18 bits per heavy atom. The topological polar surface area (TPSA) is 57.5 Å². The van der Waals surface area contributed by atoms with Crippen LogP contribution in [-0.4, -0.2) is 16.2 Å². The van der Waals surface area contributed by atoms with E-state index in [1.165, 1.54) is 0 Å². The van der Waals surface area contributed by atoms with Gasteiger partial charge in [0.25, 0.3) is 0 Å². The summed E-state index contributed by atoms with van der Waals surface area (Å²) in [5.41, 5.74) is 0.0141. The molecule has 0 aliphatic rings. The van der Waals surface area contributed by atoms with E-state index in [0.717, 1.165) is 0 Å². The van der Waals surface area contributed by atoms with Crippen LogP contribution >= 0.6 is 0 Å². The normalized spacial score (nSPS) is 15.4. The third-order valence-electron chi connectivity index (χ3n) is 3.70. The number of carboxylic acid groups (broad SMARTS) is 1. The lowest BCUT2D eigenvalue weighted by molar-refractivity contribution is -0.147. The van der Waals surface area contributed by atoms with Crippen LogP contribution in [-0.2, 0) is 10.2 Å². The van der Waals surface area contributed by atoms with Crippen LogP contribution in [0.5, 0.6) is 5.75 Å².